The fourth-order valence-corrected chi connectivity index (χ4v) is 0.0791. The summed E-state index contributed by atoms with van der Waals surface area (Å²) in [6.45, 7) is 12.9. The average molecular weight is 157 g/mol. The van der Waals surface area contributed by atoms with Crippen molar-refractivity contribution in [1.29, 1.82) is 0 Å². The zero-order valence-corrected chi connectivity index (χ0v) is 7.55. The van der Waals surface area contributed by atoms with Crippen LogP contribution < -0.4 is 0 Å². The lowest BCUT2D eigenvalue weighted by Crippen LogP contribution is -2.10. The van der Waals surface area contributed by atoms with E-state index < -0.39 is 0 Å². The molecule has 0 N–H and O–H groups in total. The number of rotatable bonds is 2. The summed E-state index contributed by atoms with van der Waals surface area (Å²) >= 11 is 0. The van der Waals surface area contributed by atoms with Crippen LogP contribution in [0, 0.1) is 6.57 Å². The lowest BCUT2D eigenvalue weighted by molar-refractivity contribution is -0.126. The van der Waals surface area contributed by atoms with Gasteiger partial charge in [0.05, 0.1) is 7.11 Å². The number of carbonyl (C=O) groups excluding carboxylic acids is 1. The van der Waals surface area contributed by atoms with Gasteiger partial charge >= 0.3 is 0 Å². The first-order chi connectivity index (χ1) is 5.04. The van der Waals surface area contributed by atoms with E-state index in [1.165, 1.54) is 7.11 Å². The van der Waals surface area contributed by atoms with E-state index in [2.05, 4.69) is 9.58 Å². The molecule has 0 aromatic rings. The van der Waals surface area contributed by atoms with E-state index in [0.29, 0.717) is 6.47 Å². The van der Waals surface area contributed by atoms with Crippen LogP contribution in [0.2, 0.25) is 0 Å². The van der Waals surface area contributed by atoms with Crippen LogP contribution in [0.3, 0.4) is 0 Å². The molecule has 0 atom stereocenters. The highest BCUT2D eigenvalue weighted by Crippen LogP contribution is 2.11. The Morgan fingerprint density at radius 1 is 1.64 bits per heavy atom. The van der Waals surface area contributed by atoms with Gasteiger partial charge in [-0.1, -0.05) is 6.92 Å². The summed E-state index contributed by atoms with van der Waals surface area (Å²) in [5.41, 5.74) is -0.125. The van der Waals surface area contributed by atoms with Crippen molar-refractivity contribution < 1.29 is 9.53 Å². The topological polar surface area (TPSA) is 30.7 Å². The van der Waals surface area contributed by atoms with E-state index >= 15 is 0 Å². The minimum absolute atomic E-state index is 0.125. The van der Waals surface area contributed by atoms with Gasteiger partial charge < -0.3 is 9.58 Å². The standard InChI is InChI=1S/C6H11N.C2H4O2/c1-5-6(2,3)7-4;1-4-2-3/h5H2,1-3H3;2H,1H3. The molecule has 0 rings (SSSR count). The van der Waals surface area contributed by atoms with Crippen LogP contribution in [0.4, 0.5) is 0 Å². The maximum atomic E-state index is 8.95. The molecule has 0 aromatic carbocycles. The number of methoxy groups -OCH3 is 1. The highest BCUT2D eigenvalue weighted by atomic mass is 16.5. The van der Waals surface area contributed by atoms with Crippen molar-refractivity contribution in [3.05, 3.63) is 11.4 Å². The van der Waals surface area contributed by atoms with Crippen LogP contribution in [-0.2, 0) is 9.53 Å². The number of carbonyl (C=O) groups is 1. The summed E-state index contributed by atoms with van der Waals surface area (Å²) in [6, 6.07) is 0. The molecule has 0 aromatic heterocycles. The Balaban J connectivity index is 0. The van der Waals surface area contributed by atoms with Crippen molar-refractivity contribution in [3.8, 4) is 0 Å². The van der Waals surface area contributed by atoms with Crippen LogP contribution in [0.1, 0.15) is 27.2 Å². The Morgan fingerprint density at radius 3 is 2.00 bits per heavy atom. The summed E-state index contributed by atoms with van der Waals surface area (Å²) in [5, 5.41) is 0. The van der Waals surface area contributed by atoms with E-state index in [-0.39, 0.29) is 5.54 Å². The largest absolute Gasteiger partial charge is 0.471 e. The Labute approximate surface area is 68.2 Å². The summed E-state index contributed by atoms with van der Waals surface area (Å²) in [4.78, 5) is 12.3. The lowest BCUT2D eigenvalue weighted by atomic mass is 10.0. The minimum Gasteiger partial charge on any atom is -0.471 e. The zero-order chi connectivity index (χ0) is 9.33. The van der Waals surface area contributed by atoms with Gasteiger partial charge in [0, 0.05) is 20.3 Å². The van der Waals surface area contributed by atoms with Crippen molar-refractivity contribution in [1.82, 2.24) is 0 Å². The smallest absolute Gasteiger partial charge is 0.292 e. The van der Waals surface area contributed by atoms with Gasteiger partial charge in [-0.05, 0) is 0 Å². The third-order valence-electron chi connectivity index (χ3n) is 1.26. The summed E-state index contributed by atoms with van der Waals surface area (Å²) < 4.78 is 3.86. The van der Waals surface area contributed by atoms with E-state index in [1.807, 2.05) is 20.8 Å². The van der Waals surface area contributed by atoms with Crippen molar-refractivity contribution in [2.45, 2.75) is 32.7 Å². The Hall–Kier alpha value is -1.04. The SMILES string of the molecule is COC=O.[C-]#[N+]C(C)(C)CC. The van der Waals surface area contributed by atoms with Gasteiger partial charge in [0.2, 0.25) is 5.54 Å². The molecular formula is C8H15NO2. The normalized spacial score (nSPS) is 8.64. The molecule has 0 bridgehead atoms. The summed E-state index contributed by atoms with van der Waals surface area (Å²) in [5.74, 6) is 0. The molecule has 0 saturated heterocycles. The molecule has 0 saturated carbocycles. The monoisotopic (exact) mass is 157 g/mol. The van der Waals surface area contributed by atoms with Crippen LogP contribution in [0.5, 0.6) is 0 Å². The second-order valence-corrected chi connectivity index (χ2v) is 2.61. The van der Waals surface area contributed by atoms with Gasteiger partial charge in [-0.3, -0.25) is 4.79 Å². The molecule has 0 fully saturated rings. The fraction of sp³-hybridized carbons (Fsp3) is 0.750. The third kappa shape index (κ3) is 12.2. The van der Waals surface area contributed by atoms with Crippen molar-refractivity contribution in [3.63, 3.8) is 0 Å². The van der Waals surface area contributed by atoms with Crippen molar-refractivity contribution >= 4 is 6.47 Å². The van der Waals surface area contributed by atoms with Gasteiger partial charge in [-0.25, -0.2) is 6.57 Å². The van der Waals surface area contributed by atoms with Gasteiger partial charge in [-0.15, -0.1) is 0 Å². The molecule has 0 aliphatic rings. The van der Waals surface area contributed by atoms with E-state index in [4.69, 9.17) is 11.4 Å². The first kappa shape index (κ1) is 12.6. The zero-order valence-electron chi connectivity index (χ0n) is 7.55. The number of hydrogen-bond donors (Lipinski definition) is 0. The molecule has 0 heterocycles. The number of ether oxygens (including phenoxy) is 1. The maximum absolute atomic E-state index is 8.95. The first-order valence-corrected chi connectivity index (χ1v) is 3.39. The molecule has 3 nitrogen and oxygen atoms in total. The van der Waals surface area contributed by atoms with Crippen LogP contribution in [-0.4, -0.2) is 19.1 Å². The van der Waals surface area contributed by atoms with Crippen LogP contribution in [0.15, 0.2) is 0 Å². The maximum Gasteiger partial charge on any atom is 0.292 e. The molecule has 3 heteroatoms. The van der Waals surface area contributed by atoms with Crippen molar-refractivity contribution in [2.24, 2.45) is 0 Å². The Morgan fingerprint density at radius 2 is 2.00 bits per heavy atom. The Kier molecular flexibility index (Phi) is 8.11. The quantitative estimate of drug-likeness (QED) is 0.452. The molecule has 0 unspecified atom stereocenters. The molecule has 0 radical (unpaired) electrons. The Bertz CT molecular complexity index is 136. The van der Waals surface area contributed by atoms with E-state index in [9.17, 15) is 0 Å². The fourth-order valence-electron chi connectivity index (χ4n) is 0.0791. The molecule has 0 aliphatic carbocycles. The second-order valence-electron chi connectivity index (χ2n) is 2.61. The van der Waals surface area contributed by atoms with Crippen LogP contribution in [0.25, 0.3) is 4.85 Å². The predicted molar refractivity (Wildman–Crippen MR) is 44.0 cm³/mol. The van der Waals surface area contributed by atoms with Gasteiger partial charge in [0.1, 0.15) is 0 Å². The van der Waals surface area contributed by atoms with E-state index in [0.717, 1.165) is 6.42 Å². The molecule has 0 spiro atoms. The minimum atomic E-state index is -0.125. The summed E-state index contributed by atoms with van der Waals surface area (Å²) in [6.07, 6.45) is 0.941. The molecular weight excluding hydrogens is 142 g/mol. The van der Waals surface area contributed by atoms with E-state index in [1.54, 1.807) is 0 Å². The number of hydrogen-bond acceptors (Lipinski definition) is 2. The van der Waals surface area contributed by atoms with Gasteiger partial charge in [0.15, 0.2) is 0 Å². The lowest BCUT2D eigenvalue weighted by Gasteiger charge is -2.04. The molecule has 11 heavy (non-hydrogen) atoms. The van der Waals surface area contributed by atoms with Gasteiger partial charge in [0.25, 0.3) is 6.47 Å². The molecule has 0 aliphatic heterocycles. The summed E-state index contributed by atoms with van der Waals surface area (Å²) in [7, 11) is 1.31. The van der Waals surface area contributed by atoms with Crippen LogP contribution >= 0.6 is 0 Å². The average Bonchev–Trinajstić information content (AvgIpc) is 2.05. The number of nitrogens with zero attached hydrogens (tertiary/aromatic N) is 1. The van der Waals surface area contributed by atoms with Crippen molar-refractivity contribution in [2.75, 3.05) is 7.11 Å². The highest BCUT2D eigenvalue weighted by molar-refractivity contribution is 5.36. The van der Waals surface area contributed by atoms with Gasteiger partial charge in [-0.2, -0.15) is 0 Å². The second kappa shape index (κ2) is 7.07. The molecule has 64 valence electrons. The molecule has 0 amide bonds. The highest BCUT2D eigenvalue weighted by Gasteiger charge is 2.17. The first-order valence-electron chi connectivity index (χ1n) is 3.39. The predicted octanol–water partition coefficient (Wildman–Crippen LogP) is 1.88. The third-order valence-corrected chi connectivity index (χ3v) is 1.26.